The van der Waals surface area contributed by atoms with E-state index in [4.69, 9.17) is 10.5 Å². The molecule has 0 aliphatic heterocycles. The number of rotatable bonds is 6. The lowest BCUT2D eigenvalue weighted by Crippen LogP contribution is -2.40. The topological polar surface area (TPSA) is 72.6 Å². The van der Waals surface area contributed by atoms with E-state index in [0.29, 0.717) is 12.3 Å². The number of nitrogens with two attached hydrogens (primary N) is 1. The molecule has 1 aromatic rings. The molecular weight excluding hydrogens is 268 g/mol. The van der Waals surface area contributed by atoms with Crippen molar-refractivity contribution in [3.05, 3.63) is 35.9 Å². The lowest BCUT2D eigenvalue weighted by atomic mass is 10.2. The second-order valence-electron chi connectivity index (χ2n) is 4.86. The molecule has 0 radical (unpaired) electrons. The molecular formula is C16H22N2O3. The summed E-state index contributed by atoms with van der Waals surface area (Å²) in [5.41, 5.74) is 7.15. The quantitative estimate of drug-likeness (QED) is 0.494. The van der Waals surface area contributed by atoms with Crippen LogP contribution in [0.1, 0.15) is 26.3 Å². The van der Waals surface area contributed by atoms with E-state index < -0.39 is 5.97 Å². The Labute approximate surface area is 125 Å². The number of carbonyl (C=O) groups is 2. The second kappa shape index (κ2) is 8.09. The van der Waals surface area contributed by atoms with Gasteiger partial charge in [0.2, 0.25) is 5.91 Å². The Morgan fingerprint density at radius 3 is 2.43 bits per heavy atom. The van der Waals surface area contributed by atoms with Crippen LogP contribution in [0.3, 0.4) is 0 Å². The van der Waals surface area contributed by atoms with E-state index in [1.54, 1.807) is 25.1 Å². The molecule has 0 aliphatic rings. The third-order valence-corrected chi connectivity index (χ3v) is 2.87. The van der Waals surface area contributed by atoms with Crippen molar-refractivity contribution >= 4 is 23.6 Å². The minimum atomic E-state index is -0.402. The van der Waals surface area contributed by atoms with Gasteiger partial charge < -0.3 is 15.4 Å². The third-order valence-electron chi connectivity index (χ3n) is 2.87. The Hall–Kier alpha value is -2.30. The summed E-state index contributed by atoms with van der Waals surface area (Å²) in [6, 6.07) is 7.10. The number of ether oxygens (including phenoxy) is 1. The fourth-order valence-corrected chi connectivity index (χ4v) is 1.73. The molecule has 21 heavy (non-hydrogen) atoms. The largest absolute Gasteiger partial charge is 0.465 e. The highest BCUT2D eigenvalue weighted by Crippen LogP contribution is 2.08. The van der Waals surface area contributed by atoms with E-state index >= 15 is 0 Å². The maximum Gasteiger partial charge on any atom is 0.325 e. The SMILES string of the molecule is CCOC(=O)CN(C(=O)/C=C/c1ccc(N)cc1)C(C)C. The van der Waals surface area contributed by atoms with E-state index in [1.165, 1.54) is 11.0 Å². The van der Waals surface area contributed by atoms with E-state index in [9.17, 15) is 9.59 Å². The van der Waals surface area contributed by atoms with Gasteiger partial charge in [-0.3, -0.25) is 9.59 Å². The number of anilines is 1. The number of hydrogen-bond donors (Lipinski definition) is 1. The summed E-state index contributed by atoms with van der Waals surface area (Å²) in [5, 5.41) is 0. The van der Waals surface area contributed by atoms with Crippen LogP contribution in [0.25, 0.3) is 6.08 Å². The number of carbonyl (C=O) groups excluding carboxylic acids is 2. The lowest BCUT2D eigenvalue weighted by molar-refractivity contribution is -0.148. The van der Waals surface area contributed by atoms with Gasteiger partial charge in [-0.25, -0.2) is 0 Å². The van der Waals surface area contributed by atoms with Crippen molar-refractivity contribution in [1.29, 1.82) is 0 Å². The molecule has 0 spiro atoms. The highest BCUT2D eigenvalue weighted by molar-refractivity contribution is 5.94. The van der Waals surface area contributed by atoms with Crippen molar-refractivity contribution in [2.75, 3.05) is 18.9 Å². The van der Waals surface area contributed by atoms with Gasteiger partial charge in [0, 0.05) is 17.8 Å². The zero-order valence-electron chi connectivity index (χ0n) is 12.7. The van der Waals surface area contributed by atoms with Gasteiger partial charge >= 0.3 is 5.97 Å². The van der Waals surface area contributed by atoms with Crippen LogP contribution in [0.4, 0.5) is 5.69 Å². The summed E-state index contributed by atoms with van der Waals surface area (Å²) in [4.78, 5) is 25.2. The molecule has 0 atom stereocenters. The number of nitrogens with zero attached hydrogens (tertiary/aromatic N) is 1. The van der Waals surface area contributed by atoms with Crippen LogP contribution in [-0.4, -0.2) is 36.0 Å². The molecule has 0 aliphatic carbocycles. The van der Waals surface area contributed by atoms with Crippen LogP contribution >= 0.6 is 0 Å². The summed E-state index contributed by atoms with van der Waals surface area (Å²) in [5.74, 6) is -0.629. The van der Waals surface area contributed by atoms with Gasteiger partial charge in [-0.15, -0.1) is 0 Å². The van der Waals surface area contributed by atoms with Crippen molar-refractivity contribution < 1.29 is 14.3 Å². The molecule has 2 N–H and O–H groups in total. The Balaban J connectivity index is 2.72. The first-order valence-corrected chi connectivity index (χ1v) is 6.94. The molecule has 0 saturated heterocycles. The molecule has 0 aromatic heterocycles. The molecule has 5 heteroatoms. The van der Waals surface area contributed by atoms with Crippen LogP contribution < -0.4 is 5.73 Å². The highest BCUT2D eigenvalue weighted by Gasteiger charge is 2.18. The smallest absolute Gasteiger partial charge is 0.325 e. The molecule has 0 fully saturated rings. The van der Waals surface area contributed by atoms with Crippen LogP contribution in [0.15, 0.2) is 30.3 Å². The first-order valence-electron chi connectivity index (χ1n) is 6.94. The van der Waals surface area contributed by atoms with Crippen LogP contribution in [0.5, 0.6) is 0 Å². The van der Waals surface area contributed by atoms with Crippen LogP contribution in [-0.2, 0) is 14.3 Å². The summed E-state index contributed by atoms with van der Waals surface area (Å²) < 4.78 is 4.88. The molecule has 0 heterocycles. The zero-order chi connectivity index (χ0) is 15.8. The van der Waals surface area contributed by atoms with Crippen molar-refractivity contribution in [3.8, 4) is 0 Å². The molecule has 0 unspecified atom stereocenters. The Kier molecular flexibility index (Phi) is 6.46. The van der Waals surface area contributed by atoms with E-state index in [1.807, 2.05) is 26.0 Å². The molecule has 0 saturated carbocycles. The van der Waals surface area contributed by atoms with E-state index in [-0.39, 0.29) is 18.5 Å². The number of esters is 1. The van der Waals surface area contributed by atoms with E-state index in [2.05, 4.69) is 0 Å². The molecule has 1 amide bonds. The Bertz CT molecular complexity index is 507. The van der Waals surface area contributed by atoms with Crippen molar-refractivity contribution in [2.45, 2.75) is 26.8 Å². The molecule has 1 rings (SSSR count). The van der Waals surface area contributed by atoms with E-state index in [0.717, 1.165) is 5.56 Å². The van der Waals surface area contributed by atoms with Gasteiger partial charge in [0.15, 0.2) is 0 Å². The fourth-order valence-electron chi connectivity index (χ4n) is 1.73. The summed E-state index contributed by atoms with van der Waals surface area (Å²) in [6.45, 7) is 5.71. The Morgan fingerprint density at radius 1 is 1.29 bits per heavy atom. The van der Waals surface area contributed by atoms with Gasteiger partial charge in [0.25, 0.3) is 0 Å². The molecule has 114 valence electrons. The minimum absolute atomic E-state index is 0.0452. The maximum atomic E-state index is 12.2. The Morgan fingerprint density at radius 2 is 1.90 bits per heavy atom. The number of amides is 1. The molecule has 5 nitrogen and oxygen atoms in total. The first-order chi connectivity index (χ1) is 9.93. The number of hydrogen-bond acceptors (Lipinski definition) is 4. The highest BCUT2D eigenvalue weighted by atomic mass is 16.5. The lowest BCUT2D eigenvalue weighted by Gasteiger charge is -2.24. The van der Waals surface area contributed by atoms with Crippen LogP contribution in [0, 0.1) is 0 Å². The molecule has 0 bridgehead atoms. The number of nitrogen functional groups attached to an aromatic ring is 1. The summed E-state index contributed by atoms with van der Waals surface area (Å²) in [6.07, 6.45) is 3.15. The standard InChI is InChI=1S/C16H22N2O3/c1-4-21-16(20)11-18(12(2)3)15(19)10-7-13-5-8-14(17)9-6-13/h5-10,12H,4,11,17H2,1-3H3/b10-7+. The summed E-state index contributed by atoms with van der Waals surface area (Å²) >= 11 is 0. The average Bonchev–Trinajstić information content (AvgIpc) is 2.44. The number of benzene rings is 1. The van der Waals surface area contributed by atoms with Crippen molar-refractivity contribution in [1.82, 2.24) is 4.90 Å². The first kappa shape index (κ1) is 16.8. The van der Waals surface area contributed by atoms with Gasteiger partial charge in [0.05, 0.1) is 6.61 Å². The fraction of sp³-hybridized carbons (Fsp3) is 0.375. The summed E-state index contributed by atoms with van der Waals surface area (Å²) in [7, 11) is 0. The van der Waals surface area contributed by atoms with Gasteiger partial charge in [-0.1, -0.05) is 12.1 Å². The van der Waals surface area contributed by atoms with Gasteiger partial charge in [0.1, 0.15) is 6.54 Å². The monoisotopic (exact) mass is 290 g/mol. The normalized spacial score (nSPS) is 10.9. The average molecular weight is 290 g/mol. The molecule has 1 aromatic carbocycles. The van der Waals surface area contributed by atoms with Crippen molar-refractivity contribution in [2.24, 2.45) is 0 Å². The third kappa shape index (κ3) is 5.69. The van der Waals surface area contributed by atoms with Crippen LogP contribution in [0.2, 0.25) is 0 Å². The maximum absolute atomic E-state index is 12.2. The predicted octanol–water partition coefficient (Wildman–Crippen LogP) is 2.08. The predicted molar refractivity (Wildman–Crippen MR) is 83.4 cm³/mol. The minimum Gasteiger partial charge on any atom is -0.465 e. The van der Waals surface area contributed by atoms with Gasteiger partial charge in [-0.2, -0.15) is 0 Å². The second-order valence-corrected chi connectivity index (χ2v) is 4.86. The zero-order valence-corrected chi connectivity index (χ0v) is 12.7. The van der Waals surface area contributed by atoms with Crippen molar-refractivity contribution in [3.63, 3.8) is 0 Å². The van der Waals surface area contributed by atoms with Gasteiger partial charge in [-0.05, 0) is 44.5 Å².